The van der Waals surface area contributed by atoms with Crippen LogP contribution in [-0.2, 0) is 0 Å². The van der Waals surface area contributed by atoms with E-state index in [2.05, 4.69) is 16.8 Å². The molecule has 1 aliphatic rings. The molecule has 4 N–H and O–H groups in total. The highest BCUT2D eigenvalue weighted by molar-refractivity contribution is 5.98. The highest BCUT2D eigenvalue weighted by Crippen LogP contribution is 2.30. The number of carbonyl (C=O) groups is 1. The van der Waals surface area contributed by atoms with Crippen LogP contribution >= 0.6 is 0 Å². The summed E-state index contributed by atoms with van der Waals surface area (Å²) < 4.78 is 0. The van der Waals surface area contributed by atoms with Gasteiger partial charge in [-0.1, -0.05) is 6.92 Å². The molecule has 0 aliphatic heterocycles. The van der Waals surface area contributed by atoms with E-state index in [1.54, 1.807) is 12.3 Å². The van der Waals surface area contributed by atoms with Crippen molar-refractivity contribution in [2.75, 3.05) is 17.7 Å². The predicted octanol–water partition coefficient (Wildman–Crippen LogP) is 1.78. The Hall–Kier alpha value is -1.78. The van der Waals surface area contributed by atoms with Crippen molar-refractivity contribution in [1.29, 1.82) is 0 Å². The van der Waals surface area contributed by atoms with E-state index in [1.807, 2.05) is 7.05 Å². The van der Waals surface area contributed by atoms with E-state index < -0.39 is 5.91 Å². The highest BCUT2D eigenvalue weighted by Gasteiger charge is 2.25. The third kappa shape index (κ3) is 2.97. The first-order chi connectivity index (χ1) is 8.99. The quantitative estimate of drug-likeness (QED) is 0.869. The van der Waals surface area contributed by atoms with E-state index >= 15 is 0 Å². The number of amides is 1. The zero-order valence-corrected chi connectivity index (χ0v) is 11.6. The van der Waals surface area contributed by atoms with Crippen molar-refractivity contribution in [2.24, 2.45) is 11.7 Å². The summed E-state index contributed by atoms with van der Waals surface area (Å²) >= 11 is 0. The lowest BCUT2D eigenvalue weighted by Crippen LogP contribution is -2.36. The van der Waals surface area contributed by atoms with Crippen LogP contribution in [0.15, 0.2) is 12.3 Å². The van der Waals surface area contributed by atoms with Gasteiger partial charge in [-0.25, -0.2) is 4.98 Å². The molecule has 1 saturated carbocycles. The molecular formula is C14H22N4O. The van der Waals surface area contributed by atoms with Crippen molar-refractivity contribution in [2.45, 2.75) is 38.6 Å². The van der Waals surface area contributed by atoms with Crippen LogP contribution in [0.3, 0.4) is 0 Å². The van der Waals surface area contributed by atoms with E-state index in [0.717, 1.165) is 18.8 Å². The number of anilines is 2. The molecule has 0 saturated heterocycles. The smallest absolute Gasteiger partial charge is 0.252 e. The molecule has 1 amide bonds. The number of pyridine rings is 1. The van der Waals surface area contributed by atoms with Crippen LogP contribution < -0.4 is 16.4 Å². The molecule has 5 nitrogen and oxygen atoms in total. The second-order valence-corrected chi connectivity index (χ2v) is 5.53. The zero-order chi connectivity index (χ0) is 14.0. The molecular weight excluding hydrogens is 240 g/mol. The Morgan fingerprint density at radius 1 is 1.37 bits per heavy atom. The summed E-state index contributed by atoms with van der Waals surface area (Å²) in [5, 5.41) is 0. The fourth-order valence-electron chi connectivity index (χ4n) is 2.74. The maximum absolute atomic E-state index is 11.5. The van der Waals surface area contributed by atoms with Gasteiger partial charge in [0.05, 0.1) is 17.4 Å². The van der Waals surface area contributed by atoms with E-state index in [4.69, 9.17) is 11.5 Å². The van der Waals surface area contributed by atoms with Crippen LogP contribution in [0.4, 0.5) is 11.5 Å². The molecule has 1 fully saturated rings. The average Bonchev–Trinajstić information content (AvgIpc) is 2.38. The Morgan fingerprint density at radius 3 is 2.58 bits per heavy atom. The summed E-state index contributed by atoms with van der Waals surface area (Å²) in [6.07, 6.45) is 6.26. The van der Waals surface area contributed by atoms with Crippen LogP contribution in [0.2, 0.25) is 0 Å². The van der Waals surface area contributed by atoms with Gasteiger partial charge in [-0.3, -0.25) is 4.79 Å². The van der Waals surface area contributed by atoms with Crippen LogP contribution in [-0.4, -0.2) is 24.0 Å². The van der Waals surface area contributed by atoms with Gasteiger partial charge in [-0.15, -0.1) is 0 Å². The maximum Gasteiger partial charge on any atom is 0.252 e. The van der Waals surface area contributed by atoms with Crippen molar-refractivity contribution in [3.8, 4) is 0 Å². The fourth-order valence-corrected chi connectivity index (χ4v) is 2.74. The highest BCUT2D eigenvalue weighted by atomic mass is 16.1. The second-order valence-electron chi connectivity index (χ2n) is 5.53. The molecule has 19 heavy (non-hydrogen) atoms. The first-order valence-electron chi connectivity index (χ1n) is 6.77. The molecule has 0 aromatic carbocycles. The van der Waals surface area contributed by atoms with Gasteiger partial charge in [0, 0.05) is 13.1 Å². The minimum atomic E-state index is -0.481. The molecule has 2 rings (SSSR count). The van der Waals surface area contributed by atoms with E-state index in [1.165, 1.54) is 12.8 Å². The van der Waals surface area contributed by atoms with E-state index in [9.17, 15) is 4.79 Å². The monoisotopic (exact) mass is 262 g/mol. The van der Waals surface area contributed by atoms with Gasteiger partial charge in [-0.05, 0) is 37.7 Å². The Balaban J connectivity index is 2.23. The topological polar surface area (TPSA) is 85.2 Å². The van der Waals surface area contributed by atoms with E-state index in [0.29, 0.717) is 23.1 Å². The van der Waals surface area contributed by atoms with Crippen molar-refractivity contribution < 1.29 is 4.79 Å². The molecule has 5 heteroatoms. The lowest BCUT2D eigenvalue weighted by Gasteiger charge is -2.35. The first kappa shape index (κ1) is 13.6. The molecule has 0 unspecified atom stereocenters. The molecule has 1 heterocycles. The Kier molecular flexibility index (Phi) is 3.93. The Labute approximate surface area is 114 Å². The van der Waals surface area contributed by atoms with Gasteiger partial charge in [-0.2, -0.15) is 0 Å². The maximum atomic E-state index is 11.5. The van der Waals surface area contributed by atoms with Gasteiger partial charge in [0.25, 0.3) is 5.91 Å². The molecule has 0 bridgehead atoms. The van der Waals surface area contributed by atoms with Gasteiger partial charge in [0.2, 0.25) is 0 Å². The minimum absolute atomic E-state index is 0.404. The SMILES string of the molecule is CC1CCC(N(C)c2ncc(N)cc2C(N)=O)CC1. The lowest BCUT2D eigenvalue weighted by atomic mass is 9.86. The summed E-state index contributed by atoms with van der Waals surface area (Å²) in [4.78, 5) is 17.9. The number of carbonyl (C=O) groups excluding carboxylic acids is 1. The third-order valence-corrected chi connectivity index (χ3v) is 4.02. The number of hydrogen-bond donors (Lipinski definition) is 2. The minimum Gasteiger partial charge on any atom is -0.397 e. The Bertz CT molecular complexity index is 467. The largest absolute Gasteiger partial charge is 0.397 e. The summed E-state index contributed by atoms with van der Waals surface area (Å²) in [5.41, 5.74) is 12.0. The number of aromatic nitrogens is 1. The summed E-state index contributed by atoms with van der Waals surface area (Å²) in [7, 11) is 1.98. The standard InChI is InChI=1S/C14H22N4O/c1-9-3-5-11(6-4-9)18(2)14-12(13(16)19)7-10(15)8-17-14/h7-9,11H,3-6,15H2,1-2H3,(H2,16,19). The third-order valence-electron chi connectivity index (χ3n) is 4.02. The summed E-state index contributed by atoms with van der Waals surface area (Å²) in [6, 6.07) is 2.03. The molecule has 1 aromatic heterocycles. The van der Waals surface area contributed by atoms with Gasteiger partial charge in [0.15, 0.2) is 0 Å². The van der Waals surface area contributed by atoms with Crippen LogP contribution in [0.1, 0.15) is 43.0 Å². The normalized spacial score (nSPS) is 23.1. The number of primary amides is 1. The summed E-state index contributed by atoms with van der Waals surface area (Å²) in [6.45, 7) is 2.28. The number of rotatable bonds is 3. The number of nitrogen functional groups attached to an aromatic ring is 1. The summed E-state index contributed by atoms with van der Waals surface area (Å²) in [5.74, 6) is 0.951. The number of nitrogens with zero attached hydrogens (tertiary/aromatic N) is 2. The van der Waals surface area contributed by atoms with Crippen LogP contribution in [0, 0.1) is 5.92 Å². The fraction of sp³-hybridized carbons (Fsp3) is 0.571. The molecule has 1 aliphatic carbocycles. The Morgan fingerprint density at radius 2 is 2.00 bits per heavy atom. The number of hydrogen-bond acceptors (Lipinski definition) is 4. The van der Waals surface area contributed by atoms with E-state index in [-0.39, 0.29) is 0 Å². The van der Waals surface area contributed by atoms with Gasteiger partial charge < -0.3 is 16.4 Å². The molecule has 1 aromatic rings. The van der Waals surface area contributed by atoms with Crippen molar-refractivity contribution in [3.05, 3.63) is 17.8 Å². The van der Waals surface area contributed by atoms with Crippen molar-refractivity contribution >= 4 is 17.4 Å². The van der Waals surface area contributed by atoms with Crippen molar-refractivity contribution in [1.82, 2.24) is 4.98 Å². The van der Waals surface area contributed by atoms with Crippen LogP contribution in [0.5, 0.6) is 0 Å². The predicted molar refractivity (Wildman–Crippen MR) is 77.0 cm³/mol. The molecule has 0 radical (unpaired) electrons. The molecule has 0 atom stereocenters. The average molecular weight is 262 g/mol. The second kappa shape index (κ2) is 5.47. The number of nitrogens with two attached hydrogens (primary N) is 2. The van der Waals surface area contributed by atoms with Gasteiger partial charge in [0.1, 0.15) is 5.82 Å². The van der Waals surface area contributed by atoms with Crippen molar-refractivity contribution in [3.63, 3.8) is 0 Å². The zero-order valence-electron chi connectivity index (χ0n) is 11.6. The molecule has 104 valence electrons. The van der Waals surface area contributed by atoms with Gasteiger partial charge >= 0.3 is 0 Å². The first-order valence-corrected chi connectivity index (χ1v) is 6.77. The van der Waals surface area contributed by atoms with Crippen LogP contribution in [0.25, 0.3) is 0 Å². The lowest BCUT2D eigenvalue weighted by molar-refractivity contribution is 0.100. The molecule has 0 spiro atoms.